The first-order valence-electron chi connectivity index (χ1n) is 7.64. The molecule has 8 nitrogen and oxygen atoms in total. The average Bonchev–Trinajstić information content (AvgIpc) is 3.18. The van der Waals surface area contributed by atoms with Crippen LogP contribution in [0.4, 0.5) is 5.69 Å². The second-order valence-electron chi connectivity index (χ2n) is 5.46. The summed E-state index contributed by atoms with van der Waals surface area (Å²) >= 11 is 0. The number of ether oxygens (including phenoxy) is 1. The molecule has 128 valence electrons. The molecule has 0 amide bonds. The molecule has 0 saturated carbocycles. The first-order valence-corrected chi connectivity index (χ1v) is 7.64. The molecule has 1 aliphatic heterocycles. The van der Waals surface area contributed by atoms with Crippen molar-refractivity contribution in [3.63, 3.8) is 0 Å². The number of fused-ring (bicyclic) bond motifs is 1. The third kappa shape index (κ3) is 2.69. The third-order valence-electron chi connectivity index (χ3n) is 3.79. The predicted molar refractivity (Wildman–Crippen MR) is 92.7 cm³/mol. The van der Waals surface area contributed by atoms with Gasteiger partial charge in [-0.25, -0.2) is 9.78 Å². The number of aromatic amines is 1. The number of carboxylic acid groups (broad SMARTS) is 1. The van der Waals surface area contributed by atoms with Crippen molar-refractivity contribution in [2.45, 2.75) is 0 Å². The number of nitrogens with one attached hydrogen (secondary N) is 2. The molecule has 3 aromatic rings. The summed E-state index contributed by atoms with van der Waals surface area (Å²) in [4.78, 5) is 35.1. The summed E-state index contributed by atoms with van der Waals surface area (Å²) in [5.74, 6) is -2.30. The molecule has 0 aliphatic carbocycles. The van der Waals surface area contributed by atoms with E-state index in [1.807, 2.05) is 6.07 Å². The molecule has 0 spiro atoms. The van der Waals surface area contributed by atoms with E-state index in [9.17, 15) is 14.7 Å². The van der Waals surface area contributed by atoms with Crippen LogP contribution in [0.15, 0.2) is 66.3 Å². The largest absolute Gasteiger partial charge is 0.477 e. The molecule has 0 saturated heterocycles. The van der Waals surface area contributed by atoms with E-state index in [0.29, 0.717) is 16.9 Å². The number of aromatic nitrogens is 3. The van der Waals surface area contributed by atoms with Gasteiger partial charge in [0.15, 0.2) is 11.3 Å². The van der Waals surface area contributed by atoms with Gasteiger partial charge >= 0.3 is 5.97 Å². The van der Waals surface area contributed by atoms with Gasteiger partial charge in [-0.05, 0) is 30.3 Å². The normalized spacial score (nSPS) is 15.5. The van der Waals surface area contributed by atoms with Crippen molar-refractivity contribution in [2.75, 3.05) is 5.32 Å². The van der Waals surface area contributed by atoms with Gasteiger partial charge in [0.05, 0.1) is 11.9 Å². The van der Waals surface area contributed by atoms with Gasteiger partial charge in [0, 0.05) is 29.5 Å². The monoisotopic (exact) mass is 348 g/mol. The summed E-state index contributed by atoms with van der Waals surface area (Å²) < 4.78 is 5.51. The zero-order chi connectivity index (χ0) is 18.1. The third-order valence-corrected chi connectivity index (χ3v) is 3.79. The first-order chi connectivity index (χ1) is 12.6. The molecule has 1 aliphatic rings. The fourth-order valence-electron chi connectivity index (χ4n) is 2.62. The van der Waals surface area contributed by atoms with Crippen LogP contribution in [0.1, 0.15) is 5.56 Å². The van der Waals surface area contributed by atoms with Crippen molar-refractivity contribution in [3.05, 3.63) is 71.8 Å². The van der Waals surface area contributed by atoms with Crippen molar-refractivity contribution < 1.29 is 19.4 Å². The van der Waals surface area contributed by atoms with Crippen LogP contribution in [0.5, 0.6) is 0 Å². The average molecular weight is 348 g/mol. The Morgan fingerprint density at radius 3 is 2.88 bits per heavy atom. The Kier molecular flexibility index (Phi) is 3.70. The van der Waals surface area contributed by atoms with Crippen molar-refractivity contribution in [1.82, 2.24) is 15.0 Å². The zero-order valence-electron chi connectivity index (χ0n) is 13.3. The highest BCUT2D eigenvalue weighted by Gasteiger charge is 2.36. The van der Waals surface area contributed by atoms with Crippen LogP contribution in [0, 0.1) is 0 Å². The molecule has 0 unspecified atom stereocenters. The molecule has 4 rings (SSSR count). The maximum atomic E-state index is 12.5. The van der Waals surface area contributed by atoms with Gasteiger partial charge in [-0.3, -0.25) is 9.78 Å². The molecular weight excluding hydrogens is 336 g/mol. The van der Waals surface area contributed by atoms with Gasteiger partial charge in [-0.2, -0.15) is 0 Å². The number of ketones is 1. The second kappa shape index (κ2) is 6.17. The van der Waals surface area contributed by atoms with E-state index in [1.165, 1.54) is 12.3 Å². The number of hydrogen-bond acceptors (Lipinski definition) is 6. The number of pyridine rings is 2. The van der Waals surface area contributed by atoms with E-state index >= 15 is 0 Å². The van der Waals surface area contributed by atoms with E-state index < -0.39 is 17.3 Å². The van der Waals surface area contributed by atoms with Crippen molar-refractivity contribution in [3.8, 4) is 0 Å². The lowest BCUT2D eigenvalue weighted by molar-refractivity contribution is -0.134. The number of carboxylic acids is 1. The number of Topliss-reactive ketones (excluding diaryl/α,β-unsaturated/α-hetero) is 1. The van der Waals surface area contributed by atoms with Crippen LogP contribution in [0.3, 0.4) is 0 Å². The Balaban J connectivity index is 1.70. The Labute approximate surface area is 146 Å². The lowest BCUT2D eigenvalue weighted by Gasteiger charge is -2.07. The van der Waals surface area contributed by atoms with Gasteiger partial charge in [0.1, 0.15) is 5.65 Å². The van der Waals surface area contributed by atoms with Crippen molar-refractivity contribution in [2.24, 2.45) is 0 Å². The van der Waals surface area contributed by atoms with Gasteiger partial charge in [-0.15, -0.1) is 0 Å². The summed E-state index contributed by atoms with van der Waals surface area (Å²) in [6.07, 6.45) is 7.88. The molecule has 0 atom stereocenters. The standard InChI is InChI=1S/C18H12N4O4/c23-15-13(7-10-8-21-16-12(10)4-2-6-20-16)26-17(14(15)18(24)25)22-11-3-1-5-19-9-11/h1-9,22H,(H,20,21)(H,24,25). The highest BCUT2D eigenvalue weighted by atomic mass is 16.5. The number of rotatable bonds is 4. The summed E-state index contributed by atoms with van der Waals surface area (Å²) in [6.45, 7) is 0. The topological polar surface area (TPSA) is 117 Å². The summed E-state index contributed by atoms with van der Waals surface area (Å²) in [7, 11) is 0. The van der Waals surface area contributed by atoms with E-state index in [0.717, 1.165) is 5.39 Å². The number of aliphatic carboxylic acids is 1. The number of H-pyrrole nitrogens is 1. The fourth-order valence-corrected chi connectivity index (χ4v) is 2.62. The van der Waals surface area contributed by atoms with E-state index in [4.69, 9.17) is 4.74 Å². The quantitative estimate of drug-likeness (QED) is 0.489. The number of carbonyl (C=O) groups is 2. The smallest absolute Gasteiger partial charge is 0.345 e. The Hall–Kier alpha value is -3.94. The summed E-state index contributed by atoms with van der Waals surface area (Å²) in [5, 5.41) is 13.0. The van der Waals surface area contributed by atoms with Crippen LogP contribution in [-0.2, 0) is 14.3 Å². The van der Waals surface area contributed by atoms with Gasteiger partial charge in [0.2, 0.25) is 11.7 Å². The number of nitrogens with zero attached hydrogens (tertiary/aromatic N) is 2. The van der Waals surface area contributed by atoms with Gasteiger partial charge < -0.3 is 20.1 Å². The maximum absolute atomic E-state index is 12.5. The van der Waals surface area contributed by atoms with Crippen LogP contribution < -0.4 is 5.32 Å². The fraction of sp³-hybridized carbons (Fsp3) is 0. The van der Waals surface area contributed by atoms with Crippen molar-refractivity contribution in [1.29, 1.82) is 0 Å². The number of carbonyl (C=O) groups excluding carboxylic acids is 1. The van der Waals surface area contributed by atoms with Crippen molar-refractivity contribution >= 4 is 34.5 Å². The highest BCUT2D eigenvalue weighted by Crippen LogP contribution is 2.29. The molecule has 26 heavy (non-hydrogen) atoms. The highest BCUT2D eigenvalue weighted by molar-refractivity contribution is 6.26. The van der Waals surface area contributed by atoms with Gasteiger partial charge in [0.25, 0.3) is 0 Å². The van der Waals surface area contributed by atoms with E-state index in [-0.39, 0.29) is 11.6 Å². The van der Waals surface area contributed by atoms with E-state index in [2.05, 4.69) is 20.3 Å². The maximum Gasteiger partial charge on any atom is 0.345 e. The summed E-state index contributed by atoms with van der Waals surface area (Å²) in [6, 6.07) is 6.97. The van der Waals surface area contributed by atoms with Crippen LogP contribution in [0.25, 0.3) is 17.1 Å². The Morgan fingerprint density at radius 2 is 2.12 bits per heavy atom. The molecule has 0 bridgehead atoms. The number of anilines is 1. The first kappa shape index (κ1) is 15.6. The van der Waals surface area contributed by atoms with E-state index in [1.54, 1.807) is 36.8 Å². The van der Waals surface area contributed by atoms with Crippen LogP contribution in [-0.4, -0.2) is 31.8 Å². The number of hydrogen-bond donors (Lipinski definition) is 3. The second-order valence-corrected chi connectivity index (χ2v) is 5.46. The number of allylic oxidation sites excluding steroid dienone is 1. The molecule has 4 heterocycles. The molecule has 0 aromatic carbocycles. The minimum absolute atomic E-state index is 0.0847. The lowest BCUT2D eigenvalue weighted by atomic mass is 10.1. The summed E-state index contributed by atoms with van der Waals surface area (Å²) in [5.41, 5.74) is 1.37. The molecule has 3 N–H and O–H groups in total. The minimum Gasteiger partial charge on any atom is -0.477 e. The Bertz CT molecular complexity index is 1080. The molecule has 8 heteroatoms. The lowest BCUT2D eigenvalue weighted by Crippen LogP contribution is -2.12. The minimum atomic E-state index is -1.37. The van der Waals surface area contributed by atoms with Gasteiger partial charge in [-0.1, -0.05) is 0 Å². The zero-order valence-corrected chi connectivity index (χ0v) is 13.3. The Morgan fingerprint density at radius 1 is 1.27 bits per heavy atom. The van der Waals surface area contributed by atoms with Crippen LogP contribution >= 0.6 is 0 Å². The SMILES string of the molecule is O=C(O)C1=C(Nc2cccnc2)OC(=Cc2c[nH]c3ncccc23)C1=O. The van der Waals surface area contributed by atoms with Crippen LogP contribution in [0.2, 0.25) is 0 Å². The molecular formula is C18H12N4O4. The molecule has 3 aromatic heterocycles. The molecule has 0 fully saturated rings. The predicted octanol–water partition coefficient (Wildman–Crippen LogP) is 2.31. The molecule has 0 radical (unpaired) electrons.